The Morgan fingerprint density at radius 1 is 1.33 bits per heavy atom. The Bertz CT molecular complexity index is 629. The fourth-order valence-corrected chi connectivity index (χ4v) is 2.06. The van der Waals surface area contributed by atoms with E-state index in [9.17, 15) is 10.1 Å². The number of benzene rings is 1. The van der Waals surface area contributed by atoms with Gasteiger partial charge in [0.05, 0.1) is 16.9 Å². The second kappa shape index (κ2) is 6.99. The van der Waals surface area contributed by atoms with E-state index in [0.29, 0.717) is 24.5 Å². The van der Waals surface area contributed by atoms with E-state index in [1.807, 2.05) is 0 Å². The van der Waals surface area contributed by atoms with Gasteiger partial charge in [-0.3, -0.25) is 15.1 Å². The fourth-order valence-electron chi connectivity index (χ4n) is 2.06. The summed E-state index contributed by atoms with van der Waals surface area (Å²) in [5.41, 5.74) is 0.922. The van der Waals surface area contributed by atoms with Crippen LogP contribution in [0.1, 0.15) is 13.8 Å². The summed E-state index contributed by atoms with van der Waals surface area (Å²) in [6, 6.07) is 4.89. The molecule has 0 spiro atoms. The standard InChI is InChI=1S/C15H19N3O3/c1-11(2)10-21-8-7-17-14-3-4-15(18(19)20)12-5-6-16-9-13(12)14/h3-6,9,11,17H,7-8,10H2,1-2H3. The Hall–Kier alpha value is -2.21. The number of ether oxygens (including phenoxy) is 1. The Morgan fingerprint density at radius 3 is 2.86 bits per heavy atom. The van der Waals surface area contributed by atoms with E-state index >= 15 is 0 Å². The van der Waals surface area contributed by atoms with E-state index in [4.69, 9.17) is 4.74 Å². The molecule has 0 aliphatic carbocycles. The van der Waals surface area contributed by atoms with Gasteiger partial charge in [-0.25, -0.2) is 0 Å². The smallest absolute Gasteiger partial charge is 0.277 e. The zero-order valence-electron chi connectivity index (χ0n) is 12.2. The lowest BCUT2D eigenvalue weighted by Gasteiger charge is -2.11. The first-order chi connectivity index (χ1) is 10.1. The van der Waals surface area contributed by atoms with Crippen molar-refractivity contribution in [1.82, 2.24) is 4.98 Å². The van der Waals surface area contributed by atoms with E-state index in [1.165, 1.54) is 6.07 Å². The number of fused-ring (bicyclic) bond motifs is 1. The lowest BCUT2D eigenvalue weighted by molar-refractivity contribution is -0.383. The Morgan fingerprint density at radius 2 is 2.14 bits per heavy atom. The maximum absolute atomic E-state index is 11.0. The van der Waals surface area contributed by atoms with Gasteiger partial charge in [-0.1, -0.05) is 13.8 Å². The summed E-state index contributed by atoms with van der Waals surface area (Å²) in [5.74, 6) is 0.509. The van der Waals surface area contributed by atoms with Crippen molar-refractivity contribution in [1.29, 1.82) is 0 Å². The number of nitro benzene ring substituents is 1. The number of rotatable bonds is 7. The van der Waals surface area contributed by atoms with Crippen molar-refractivity contribution in [2.45, 2.75) is 13.8 Å². The van der Waals surface area contributed by atoms with E-state index in [-0.39, 0.29) is 10.6 Å². The van der Waals surface area contributed by atoms with Gasteiger partial charge in [0, 0.05) is 42.7 Å². The van der Waals surface area contributed by atoms with Crippen LogP contribution in [-0.2, 0) is 4.74 Å². The number of hydrogen-bond acceptors (Lipinski definition) is 5. The molecule has 6 heteroatoms. The van der Waals surface area contributed by atoms with Crippen LogP contribution >= 0.6 is 0 Å². The molecule has 1 heterocycles. The van der Waals surface area contributed by atoms with E-state index in [2.05, 4.69) is 24.1 Å². The van der Waals surface area contributed by atoms with Gasteiger partial charge >= 0.3 is 0 Å². The topological polar surface area (TPSA) is 77.3 Å². The van der Waals surface area contributed by atoms with Gasteiger partial charge in [0.2, 0.25) is 0 Å². The molecule has 0 atom stereocenters. The predicted molar refractivity (Wildman–Crippen MR) is 82.5 cm³/mol. The van der Waals surface area contributed by atoms with Crippen molar-refractivity contribution in [2.75, 3.05) is 25.1 Å². The largest absolute Gasteiger partial charge is 0.382 e. The van der Waals surface area contributed by atoms with E-state index in [1.54, 1.807) is 24.5 Å². The minimum atomic E-state index is -0.377. The number of nitrogens with zero attached hydrogens (tertiary/aromatic N) is 2. The minimum absolute atomic E-state index is 0.0917. The third-order valence-electron chi connectivity index (χ3n) is 3.00. The molecule has 0 saturated carbocycles. The minimum Gasteiger partial charge on any atom is -0.382 e. The molecule has 6 nitrogen and oxygen atoms in total. The van der Waals surface area contributed by atoms with E-state index in [0.717, 1.165) is 17.7 Å². The predicted octanol–water partition coefficient (Wildman–Crippen LogP) is 3.23. The highest BCUT2D eigenvalue weighted by Crippen LogP contribution is 2.30. The molecule has 21 heavy (non-hydrogen) atoms. The maximum Gasteiger partial charge on any atom is 0.277 e. The van der Waals surface area contributed by atoms with Crippen LogP contribution in [0.15, 0.2) is 30.6 Å². The molecule has 2 rings (SSSR count). The average Bonchev–Trinajstić information content (AvgIpc) is 2.46. The van der Waals surface area contributed by atoms with Crippen LogP contribution in [0.4, 0.5) is 11.4 Å². The summed E-state index contributed by atoms with van der Waals surface area (Å²) < 4.78 is 5.50. The normalized spacial score (nSPS) is 11.0. The average molecular weight is 289 g/mol. The molecule has 2 aromatic rings. The molecule has 0 fully saturated rings. The van der Waals surface area contributed by atoms with Gasteiger partial charge < -0.3 is 10.1 Å². The third-order valence-corrected chi connectivity index (χ3v) is 3.00. The van der Waals surface area contributed by atoms with Crippen LogP contribution < -0.4 is 5.32 Å². The van der Waals surface area contributed by atoms with Gasteiger partial charge in [-0.2, -0.15) is 0 Å². The van der Waals surface area contributed by atoms with Crippen LogP contribution in [0.25, 0.3) is 10.8 Å². The molecule has 0 saturated heterocycles. The number of anilines is 1. The van der Waals surface area contributed by atoms with Crippen molar-refractivity contribution < 1.29 is 9.66 Å². The number of hydrogen-bond donors (Lipinski definition) is 1. The SMILES string of the molecule is CC(C)COCCNc1ccc([N+](=O)[O-])c2ccncc12. The molecular formula is C15H19N3O3. The molecule has 0 aliphatic heterocycles. The van der Waals surface area contributed by atoms with Crippen molar-refractivity contribution in [3.63, 3.8) is 0 Å². The molecule has 0 unspecified atom stereocenters. The summed E-state index contributed by atoms with van der Waals surface area (Å²) in [7, 11) is 0. The first-order valence-electron chi connectivity index (χ1n) is 6.92. The van der Waals surface area contributed by atoms with Gasteiger partial charge in [0.15, 0.2) is 0 Å². The summed E-state index contributed by atoms with van der Waals surface area (Å²) in [4.78, 5) is 14.7. The Kier molecular flexibility index (Phi) is 5.05. The van der Waals surface area contributed by atoms with Crippen LogP contribution in [-0.4, -0.2) is 29.7 Å². The van der Waals surface area contributed by atoms with Crippen molar-refractivity contribution >= 4 is 22.1 Å². The van der Waals surface area contributed by atoms with Crippen LogP contribution in [0.2, 0.25) is 0 Å². The highest BCUT2D eigenvalue weighted by Gasteiger charge is 2.13. The fraction of sp³-hybridized carbons (Fsp3) is 0.400. The lowest BCUT2D eigenvalue weighted by Crippen LogP contribution is -2.12. The molecule has 1 aromatic carbocycles. The van der Waals surface area contributed by atoms with E-state index < -0.39 is 0 Å². The Balaban J connectivity index is 2.11. The molecule has 0 amide bonds. The number of nitro groups is 1. The van der Waals surface area contributed by atoms with Crippen molar-refractivity contribution in [2.24, 2.45) is 5.92 Å². The third kappa shape index (κ3) is 3.88. The van der Waals surface area contributed by atoms with Gasteiger partial charge in [0.1, 0.15) is 0 Å². The zero-order chi connectivity index (χ0) is 15.2. The number of pyridine rings is 1. The monoisotopic (exact) mass is 289 g/mol. The van der Waals surface area contributed by atoms with Crippen molar-refractivity contribution in [3.8, 4) is 0 Å². The van der Waals surface area contributed by atoms with Crippen LogP contribution in [0, 0.1) is 16.0 Å². The zero-order valence-corrected chi connectivity index (χ0v) is 12.2. The second-order valence-corrected chi connectivity index (χ2v) is 5.21. The van der Waals surface area contributed by atoms with Gasteiger partial charge in [-0.15, -0.1) is 0 Å². The number of aromatic nitrogens is 1. The highest BCUT2D eigenvalue weighted by molar-refractivity contribution is 5.99. The molecule has 0 radical (unpaired) electrons. The summed E-state index contributed by atoms with van der Waals surface area (Å²) in [6.07, 6.45) is 3.20. The van der Waals surface area contributed by atoms with Crippen molar-refractivity contribution in [3.05, 3.63) is 40.7 Å². The first-order valence-corrected chi connectivity index (χ1v) is 6.92. The number of nitrogens with one attached hydrogen (secondary N) is 1. The maximum atomic E-state index is 11.0. The number of non-ortho nitro benzene ring substituents is 1. The van der Waals surface area contributed by atoms with Crippen LogP contribution in [0.3, 0.4) is 0 Å². The van der Waals surface area contributed by atoms with Gasteiger partial charge in [0.25, 0.3) is 5.69 Å². The van der Waals surface area contributed by atoms with Gasteiger partial charge in [-0.05, 0) is 18.1 Å². The second-order valence-electron chi connectivity index (χ2n) is 5.21. The molecule has 112 valence electrons. The Labute approximate surface area is 123 Å². The highest BCUT2D eigenvalue weighted by atomic mass is 16.6. The molecule has 0 aliphatic rings. The molecule has 0 bridgehead atoms. The molecule has 1 aromatic heterocycles. The summed E-state index contributed by atoms with van der Waals surface area (Å²) in [5, 5.41) is 15.6. The summed E-state index contributed by atoms with van der Waals surface area (Å²) in [6.45, 7) is 6.17. The van der Waals surface area contributed by atoms with Crippen LogP contribution in [0.5, 0.6) is 0 Å². The quantitative estimate of drug-likeness (QED) is 0.481. The molecule has 1 N–H and O–H groups in total. The lowest BCUT2D eigenvalue weighted by atomic mass is 10.1. The molecular weight excluding hydrogens is 270 g/mol. The first kappa shape index (κ1) is 15.2. The summed E-state index contributed by atoms with van der Waals surface area (Å²) >= 11 is 0.